The van der Waals surface area contributed by atoms with Gasteiger partial charge in [0.05, 0.1) is 27.7 Å². The monoisotopic (exact) mass is 298 g/mol. The van der Waals surface area contributed by atoms with Crippen LogP contribution < -0.4 is 28.8 Å². The van der Waals surface area contributed by atoms with Gasteiger partial charge >= 0.3 is 0 Å². The molecule has 0 bridgehead atoms. The van der Waals surface area contributed by atoms with Gasteiger partial charge in [0.1, 0.15) is 12.1 Å². The molecule has 1 heterocycles. The Hall–Kier alpha value is -1.46. The van der Waals surface area contributed by atoms with E-state index in [-0.39, 0.29) is 24.4 Å². The van der Waals surface area contributed by atoms with Crippen LogP contribution in [0.3, 0.4) is 0 Å². The van der Waals surface area contributed by atoms with Crippen molar-refractivity contribution in [1.82, 2.24) is 0 Å². The Morgan fingerprint density at radius 3 is 2.25 bits per heavy atom. The predicted octanol–water partition coefficient (Wildman–Crippen LogP) is -2.59. The van der Waals surface area contributed by atoms with Gasteiger partial charge in [-0.25, -0.2) is 0 Å². The van der Waals surface area contributed by atoms with Gasteiger partial charge in [-0.3, -0.25) is 4.79 Å². The van der Waals surface area contributed by atoms with E-state index in [1.165, 1.54) is 0 Å². The van der Waals surface area contributed by atoms with E-state index in [1.54, 1.807) is 0 Å². The molecule has 1 amide bonds. The Morgan fingerprint density at radius 2 is 1.80 bits per heavy atom. The molecule has 1 fully saturated rings. The molecule has 1 saturated heterocycles. The van der Waals surface area contributed by atoms with Gasteiger partial charge in [-0.2, -0.15) is 0 Å². The summed E-state index contributed by atoms with van der Waals surface area (Å²) in [5.41, 5.74) is 13.0. The lowest BCUT2D eigenvalue weighted by atomic mass is 10.1. The average molecular weight is 299 g/mol. The van der Waals surface area contributed by atoms with Gasteiger partial charge in [0.15, 0.2) is 0 Å². The molecule has 6 heteroatoms. The molecule has 1 aromatic carbocycles. The molecule has 112 valence electrons. The van der Waals surface area contributed by atoms with Crippen molar-refractivity contribution in [2.24, 2.45) is 5.73 Å². The lowest BCUT2D eigenvalue weighted by Crippen LogP contribution is -3.00. The van der Waals surface area contributed by atoms with Gasteiger partial charge in [0.2, 0.25) is 5.91 Å². The molecule has 2 rings (SSSR count). The number of carbonyl (C=O) groups excluding carboxylic acids is 1. The summed E-state index contributed by atoms with van der Waals surface area (Å²) in [5, 5.41) is 0. The minimum atomic E-state index is -0.257. The molecule has 1 aromatic rings. The minimum Gasteiger partial charge on any atom is -1.00 e. The number of halogens is 1. The van der Waals surface area contributed by atoms with Crippen LogP contribution in [0.15, 0.2) is 24.3 Å². The summed E-state index contributed by atoms with van der Waals surface area (Å²) in [6.45, 7) is 0.834. The van der Waals surface area contributed by atoms with Gasteiger partial charge in [0.25, 0.3) is 0 Å². The summed E-state index contributed by atoms with van der Waals surface area (Å²) in [6, 6.07) is 7.77. The van der Waals surface area contributed by atoms with Crippen LogP contribution in [-0.4, -0.2) is 50.2 Å². The highest BCUT2D eigenvalue weighted by Crippen LogP contribution is 2.29. The number of likely N-dealkylation sites (N-methyl/N-ethyl adjacent to an activating group) is 1. The molecule has 1 aliphatic heterocycles. The third-order valence-electron chi connectivity index (χ3n) is 3.93. The molecule has 2 atom stereocenters. The number of primary amides is 1. The van der Waals surface area contributed by atoms with E-state index in [1.807, 2.05) is 24.3 Å². The van der Waals surface area contributed by atoms with Crippen LogP contribution in [0.4, 0.5) is 11.4 Å². The maximum Gasteiger partial charge on any atom is 0.240 e. The number of nitrogens with zero attached hydrogens (tertiary/aromatic N) is 2. The van der Waals surface area contributed by atoms with Crippen molar-refractivity contribution in [1.29, 1.82) is 0 Å². The number of quaternary nitrogens is 1. The van der Waals surface area contributed by atoms with Crippen molar-refractivity contribution in [3.8, 4) is 0 Å². The first-order valence-corrected chi connectivity index (χ1v) is 6.51. The number of amides is 1. The Labute approximate surface area is 126 Å². The normalized spacial score (nSPS) is 22.4. The second kappa shape index (κ2) is 5.89. The smallest absolute Gasteiger partial charge is 0.240 e. The predicted molar refractivity (Wildman–Crippen MR) is 77.6 cm³/mol. The first kappa shape index (κ1) is 16.6. The molecule has 5 nitrogen and oxygen atoms in total. The van der Waals surface area contributed by atoms with Crippen molar-refractivity contribution in [2.45, 2.75) is 18.5 Å². The molecule has 1 aliphatic rings. The second-order valence-electron chi connectivity index (χ2n) is 6.17. The number of nitrogen functional groups attached to an aromatic ring is 1. The van der Waals surface area contributed by atoms with Crippen LogP contribution >= 0.6 is 0 Å². The molecule has 20 heavy (non-hydrogen) atoms. The van der Waals surface area contributed by atoms with Gasteiger partial charge in [-0.1, -0.05) is 0 Å². The summed E-state index contributed by atoms with van der Waals surface area (Å²) in [6.07, 6.45) is 0.795. The van der Waals surface area contributed by atoms with Crippen LogP contribution in [0.25, 0.3) is 0 Å². The largest absolute Gasteiger partial charge is 1.00 e. The summed E-state index contributed by atoms with van der Waals surface area (Å²) >= 11 is 0. The molecule has 0 saturated carbocycles. The zero-order valence-corrected chi connectivity index (χ0v) is 13.0. The first-order valence-electron chi connectivity index (χ1n) is 6.51. The maximum atomic E-state index is 11.7. The highest BCUT2D eigenvalue weighted by Gasteiger charge is 2.41. The highest BCUT2D eigenvalue weighted by atomic mass is 35.5. The third-order valence-corrected chi connectivity index (χ3v) is 3.93. The fourth-order valence-electron chi connectivity index (χ4n) is 2.60. The van der Waals surface area contributed by atoms with E-state index in [0.717, 1.165) is 28.8 Å². The topological polar surface area (TPSA) is 72.4 Å². The van der Waals surface area contributed by atoms with E-state index in [4.69, 9.17) is 11.5 Å². The molecular weight excluding hydrogens is 276 g/mol. The number of nitrogens with two attached hydrogens (primary N) is 2. The minimum absolute atomic E-state index is 0. The van der Waals surface area contributed by atoms with E-state index in [2.05, 4.69) is 26.0 Å². The number of benzene rings is 1. The number of carbonyl (C=O) groups is 1. The summed E-state index contributed by atoms with van der Waals surface area (Å²) in [7, 11) is 6.44. The van der Waals surface area contributed by atoms with E-state index < -0.39 is 0 Å². The van der Waals surface area contributed by atoms with Crippen LogP contribution in [0, 0.1) is 0 Å². The third kappa shape index (κ3) is 3.35. The van der Waals surface area contributed by atoms with Crippen LogP contribution in [-0.2, 0) is 4.79 Å². The summed E-state index contributed by atoms with van der Waals surface area (Å²) < 4.78 is 0.829. The number of rotatable bonds is 3. The Morgan fingerprint density at radius 1 is 1.25 bits per heavy atom. The highest BCUT2D eigenvalue weighted by molar-refractivity contribution is 5.84. The van der Waals surface area contributed by atoms with Gasteiger partial charge < -0.3 is 33.3 Å². The van der Waals surface area contributed by atoms with Crippen LogP contribution in [0.2, 0.25) is 0 Å². The Bertz CT molecular complexity index is 469. The van der Waals surface area contributed by atoms with Crippen molar-refractivity contribution >= 4 is 17.3 Å². The maximum absolute atomic E-state index is 11.7. The molecule has 2 unspecified atom stereocenters. The standard InChI is InChI=1S/C14H22N4O.ClH/c1-18(2,3)12-8-13(14(16)19)17(9-12)11-6-4-10(15)5-7-11;/h4-7,12-13H,8-9,15H2,1-3H3,(H-,16,19);1H. The SMILES string of the molecule is C[N+](C)(C)C1CC(C(N)=O)N(c2ccc(N)cc2)C1.[Cl-]. The fourth-order valence-corrected chi connectivity index (χ4v) is 2.60. The lowest BCUT2D eigenvalue weighted by Gasteiger charge is -2.31. The average Bonchev–Trinajstić information content (AvgIpc) is 2.74. The number of hydrogen-bond acceptors (Lipinski definition) is 3. The van der Waals surface area contributed by atoms with E-state index in [0.29, 0.717) is 6.04 Å². The lowest BCUT2D eigenvalue weighted by molar-refractivity contribution is -0.893. The van der Waals surface area contributed by atoms with Crippen molar-refractivity contribution in [3.63, 3.8) is 0 Å². The van der Waals surface area contributed by atoms with Crippen molar-refractivity contribution in [2.75, 3.05) is 38.3 Å². The zero-order valence-electron chi connectivity index (χ0n) is 12.2. The second-order valence-corrected chi connectivity index (χ2v) is 6.17. The molecular formula is C14H23ClN4O. The Kier molecular flexibility index (Phi) is 4.89. The van der Waals surface area contributed by atoms with Gasteiger partial charge in [-0.05, 0) is 24.3 Å². The summed E-state index contributed by atoms with van der Waals surface area (Å²) in [5.74, 6) is -0.257. The first-order chi connectivity index (χ1) is 8.79. The van der Waals surface area contributed by atoms with E-state index in [9.17, 15) is 4.79 Å². The van der Waals surface area contributed by atoms with Crippen molar-refractivity contribution < 1.29 is 21.7 Å². The number of anilines is 2. The fraction of sp³-hybridized carbons (Fsp3) is 0.500. The molecule has 4 N–H and O–H groups in total. The van der Waals surface area contributed by atoms with Crippen LogP contribution in [0.1, 0.15) is 6.42 Å². The summed E-state index contributed by atoms with van der Waals surface area (Å²) in [4.78, 5) is 13.8. The number of hydrogen-bond donors (Lipinski definition) is 2. The molecule has 0 aromatic heterocycles. The van der Waals surface area contributed by atoms with E-state index >= 15 is 0 Å². The van der Waals surface area contributed by atoms with Crippen LogP contribution in [0.5, 0.6) is 0 Å². The van der Waals surface area contributed by atoms with Crippen molar-refractivity contribution in [3.05, 3.63) is 24.3 Å². The van der Waals surface area contributed by atoms with Gasteiger partial charge in [0, 0.05) is 17.8 Å². The molecule has 0 radical (unpaired) electrons. The molecule has 0 spiro atoms. The zero-order chi connectivity index (χ0) is 14.2. The molecule has 0 aliphatic carbocycles. The Balaban J connectivity index is 0.00000200. The quantitative estimate of drug-likeness (QED) is 0.475. The van der Waals surface area contributed by atoms with Gasteiger partial charge in [-0.15, -0.1) is 0 Å².